The molecule has 0 aromatic carbocycles. The number of aryl methyl sites for hydroxylation is 1. The zero-order valence-corrected chi connectivity index (χ0v) is 17.2. The molecule has 2 aromatic heterocycles. The fraction of sp³-hybridized carbons (Fsp3) is 0.476. The number of nitrogens with one attached hydrogen (secondary N) is 1. The van der Waals surface area contributed by atoms with Gasteiger partial charge < -0.3 is 0 Å². The Hall–Kier alpha value is -1.98. The summed E-state index contributed by atoms with van der Waals surface area (Å²) in [5.74, 6) is 1.81. The Morgan fingerprint density at radius 3 is 3.04 bits per heavy atom. The summed E-state index contributed by atoms with van der Waals surface area (Å²) in [6.07, 6.45) is 10.2. The quantitative estimate of drug-likeness (QED) is 0.368. The number of fused-ring (bicyclic) bond motifs is 1. The van der Waals surface area contributed by atoms with Gasteiger partial charge in [0, 0.05) is 0 Å². The molecule has 2 aromatic rings. The minimum absolute atomic E-state index is 0.195. The molecule has 3 heterocycles. The average molecular weight is 425 g/mol. The van der Waals surface area contributed by atoms with Crippen molar-refractivity contribution in [3.05, 3.63) is 42.1 Å². The molecule has 7 heteroatoms. The molecule has 0 saturated carbocycles. The van der Waals surface area contributed by atoms with Crippen LogP contribution in [-0.4, -0.2) is 50.4 Å². The number of aliphatic hydroxyl groups is 1. The van der Waals surface area contributed by atoms with E-state index in [2.05, 4.69) is 22.2 Å². The van der Waals surface area contributed by atoms with Crippen LogP contribution in [0.4, 0.5) is 11.6 Å². The van der Waals surface area contributed by atoms with E-state index >= 15 is 0 Å². The molecule has 154 valence electrons. The second-order valence-electron chi connectivity index (χ2n) is 6.99. The van der Waals surface area contributed by atoms with Crippen LogP contribution in [0.5, 0.6) is 0 Å². The zero-order valence-electron chi connectivity index (χ0n) is 16.3. The summed E-state index contributed by atoms with van der Waals surface area (Å²) in [6, 6.07) is 2.37. The van der Waals surface area contributed by atoms with Crippen molar-refractivity contribution in [2.75, 3.05) is 29.9 Å². The summed E-state index contributed by atoms with van der Waals surface area (Å²) in [7, 11) is 0. The van der Waals surface area contributed by atoms with Crippen LogP contribution in [0.15, 0.2) is 30.0 Å². The Kier molecular flexibility index (Phi) is 7.40. The van der Waals surface area contributed by atoms with Crippen LogP contribution in [0.1, 0.15) is 38.2 Å². The van der Waals surface area contributed by atoms with Gasteiger partial charge in [0.1, 0.15) is 0 Å². The van der Waals surface area contributed by atoms with E-state index in [-0.39, 0.29) is 6.61 Å². The number of piperidine rings is 1. The average Bonchev–Trinajstić information content (AvgIpc) is 3.14. The number of aromatic nitrogens is 3. The molecular weight excluding hydrogens is 397 g/mol. The van der Waals surface area contributed by atoms with Gasteiger partial charge in [-0.25, -0.2) is 0 Å². The topological polar surface area (TPSA) is 65.7 Å². The van der Waals surface area contributed by atoms with Crippen LogP contribution < -0.4 is 10.2 Å². The number of nitrogens with zero attached hydrogens (tertiary/aromatic N) is 4. The fourth-order valence-electron chi connectivity index (χ4n) is 3.71. The number of rotatable bonds is 9. The molecule has 1 aliphatic rings. The predicted molar refractivity (Wildman–Crippen MR) is 111 cm³/mol. The summed E-state index contributed by atoms with van der Waals surface area (Å²) in [5.41, 5.74) is 2.92. The molecule has 1 aliphatic heterocycles. The number of aliphatic hydroxyl groups excluding tert-OH is 1. The first kappa shape index (κ1) is 20.7. The Balaban J connectivity index is 1.99. The van der Waals surface area contributed by atoms with Crippen LogP contribution >= 0.6 is 0 Å². The summed E-state index contributed by atoms with van der Waals surface area (Å²) in [5, 5.41) is 17.4. The van der Waals surface area contributed by atoms with Crippen LogP contribution in [0.3, 0.4) is 0 Å². The van der Waals surface area contributed by atoms with E-state index in [0.717, 1.165) is 60.6 Å². The first-order valence-corrected chi connectivity index (χ1v) is 10.4. The number of anilines is 2. The Morgan fingerprint density at radius 1 is 1.46 bits per heavy atom. The van der Waals surface area contributed by atoms with Crippen LogP contribution in [0.2, 0.25) is 0 Å². The van der Waals surface area contributed by atoms with Gasteiger partial charge in [-0.05, 0) is 0 Å². The molecule has 1 fully saturated rings. The molecule has 1 atom stereocenters. The van der Waals surface area contributed by atoms with Gasteiger partial charge in [0.2, 0.25) is 0 Å². The monoisotopic (exact) mass is 424 g/mol. The van der Waals surface area contributed by atoms with Crippen LogP contribution in [0, 0.1) is 6.58 Å². The fourth-order valence-corrected chi connectivity index (χ4v) is 3.90. The molecule has 0 aliphatic carbocycles. The van der Waals surface area contributed by atoms with Gasteiger partial charge in [-0.2, -0.15) is 0 Å². The van der Waals surface area contributed by atoms with Crippen molar-refractivity contribution in [2.45, 2.75) is 45.1 Å². The van der Waals surface area contributed by atoms with E-state index in [1.165, 1.54) is 12.5 Å². The molecule has 0 spiro atoms. The summed E-state index contributed by atoms with van der Waals surface area (Å²) < 4.78 is 1.85. The van der Waals surface area contributed by atoms with Crippen molar-refractivity contribution in [3.8, 4) is 0 Å². The minimum atomic E-state index is 0.195. The van der Waals surface area contributed by atoms with Crippen LogP contribution in [0.25, 0.3) is 5.65 Å². The van der Waals surface area contributed by atoms with Gasteiger partial charge in [0.25, 0.3) is 0 Å². The summed E-state index contributed by atoms with van der Waals surface area (Å²) >= 11 is 4.76. The molecule has 28 heavy (non-hydrogen) atoms. The second-order valence-corrected chi connectivity index (χ2v) is 7.28. The van der Waals surface area contributed by atoms with Crippen molar-refractivity contribution in [3.63, 3.8) is 0 Å². The van der Waals surface area contributed by atoms with Crippen molar-refractivity contribution >= 4 is 22.3 Å². The van der Waals surface area contributed by atoms with E-state index < -0.39 is 0 Å². The molecule has 0 amide bonds. The SMILES string of the molecule is [CH-]=C/C=C(\[CH]=[Ni])CNc1cc(N2CCCC[C@H]2CCO)nc2c(CC)cnn12. The number of allylic oxidation sites excluding steroid dienone is 2. The van der Waals surface area contributed by atoms with E-state index in [1.54, 1.807) is 11.1 Å². The third-order valence-electron chi connectivity index (χ3n) is 5.20. The Bertz CT molecular complexity index is 858. The molecule has 6 nitrogen and oxygen atoms in total. The maximum atomic E-state index is 9.48. The third kappa shape index (κ3) is 4.53. The molecular formula is C21H28N5NiO-. The molecule has 2 N–H and O–H groups in total. The van der Waals surface area contributed by atoms with Crippen LogP contribution in [-0.2, 0) is 21.5 Å². The van der Waals surface area contributed by atoms with Gasteiger partial charge in [0.15, 0.2) is 0 Å². The standard InChI is InChI=1S/C21H28N5O.Ni/c1-4-8-16(3)14-22-19-13-20(24-21-17(5-2)15-23-26(19)21)25-11-7-6-9-18(25)10-12-27;/h1,3-4,8,13,15,18,22,27H,5-7,9-12,14H2,2H3;/q-1;/b16-8+;/t18-;/m0./s1. The van der Waals surface area contributed by atoms with Crippen molar-refractivity contribution in [2.24, 2.45) is 0 Å². The predicted octanol–water partition coefficient (Wildman–Crippen LogP) is 2.71. The van der Waals surface area contributed by atoms with Gasteiger partial charge in [-0.15, -0.1) is 0 Å². The van der Waals surface area contributed by atoms with Crippen molar-refractivity contribution in [1.82, 2.24) is 14.6 Å². The van der Waals surface area contributed by atoms with Crippen molar-refractivity contribution in [1.29, 1.82) is 0 Å². The molecule has 1 saturated heterocycles. The first-order chi connectivity index (χ1) is 13.7. The van der Waals surface area contributed by atoms with Gasteiger partial charge in [-0.1, -0.05) is 0 Å². The second kappa shape index (κ2) is 9.99. The van der Waals surface area contributed by atoms with Gasteiger partial charge >= 0.3 is 174 Å². The van der Waals surface area contributed by atoms with E-state index in [9.17, 15) is 5.11 Å². The van der Waals surface area contributed by atoms with E-state index in [4.69, 9.17) is 26.6 Å². The van der Waals surface area contributed by atoms with E-state index in [1.807, 2.05) is 16.8 Å². The Morgan fingerprint density at radius 2 is 2.32 bits per heavy atom. The number of hydrogen-bond donors (Lipinski definition) is 2. The summed E-state index contributed by atoms with van der Waals surface area (Å²) in [4.78, 5) is 8.95. The van der Waals surface area contributed by atoms with Gasteiger partial charge in [0.05, 0.1) is 0 Å². The molecule has 0 radical (unpaired) electrons. The molecule has 0 bridgehead atoms. The third-order valence-corrected chi connectivity index (χ3v) is 5.56. The zero-order chi connectivity index (χ0) is 19.9. The normalized spacial score (nSPS) is 17.8. The first-order valence-electron chi connectivity index (χ1n) is 9.84. The van der Waals surface area contributed by atoms with Gasteiger partial charge in [-0.3, -0.25) is 0 Å². The number of hydrogen-bond acceptors (Lipinski definition) is 5. The Labute approximate surface area is 174 Å². The molecule has 0 unspecified atom stereocenters. The molecule has 3 rings (SSSR count). The summed E-state index contributed by atoms with van der Waals surface area (Å²) in [6.45, 7) is 9.33. The van der Waals surface area contributed by atoms with Crippen molar-refractivity contribution < 1.29 is 20.1 Å². The maximum absolute atomic E-state index is 9.48. The van der Waals surface area contributed by atoms with E-state index in [0.29, 0.717) is 12.6 Å².